The van der Waals surface area contributed by atoms with Gasteiger partial charge in [0.15, 0.2) is 0 Å². The van der Waals surface area contributed by atoms with E-state index in [-0.39, 0.29) is 5.91 Å². The number of carbonyl (C=O) groups excluding carboxylic acids is 1. The SMILES string of the molecule is N#Cc1cccc(COc2ccc(/C=C3/C(=O)Nc4ccc(Cl)cc43)cc2)c1. The van der Waals surface area contributed by atoms with Crippen LogP contribution >= 0.6 is 11.6 Å². The fraction of sp³-hybridized carbons (Fsp3) is 0.0435. The molecule has 0 atom stereocenters. The normalized spacial score (nSPS) is 13.7. The van der Waals surface area contributed by atoms with Gasteiger partial charge >= 0.3 is 0 Å². The summed E-state index contributed by atoms with van der Waals surface area (Å²) in [7, 11) is 0. The maximum Gasteiger partial charge on any atom is 0.256 e. The number of amides is 1. The van der Waals surface area contributed by atoms with Crippen molar-refractivity contribution >= 4 is 34.8 Å². The van der Waals surface area contributed by atoms with Crippen molar-refractivity contribution in [2.24, 2.45) is 0 Å². The molecule has 5 heteroatoms. The Hall–Kier alpha value is -3.55. The van der Waals surface area contributed by atoms with Crippen molar-refractivity contribution < 1.29 is 9.53 Å². The van der Waals surface area contributed by atoms with E-state index in [4.69, 9.17) is 21.6 Å². The molecule has 0 fully saturated rings. The Balaban J connectivity index is 1.50. The second kappa shape index (κ2) is 7.59. The quantitative estimate of drug-likeness (QED) is 0.620. The zero-order chi connectivity index (χ0) is 19.5. The van der Waals surface area contributed by atoms with Gasteiger partial charge in [0.1, 0.15) is 12.4 Å². The largest absolute Gasteiger partial charge is 0.489 e. The predicted octanol–water partition coefficient (Wildman–Crippen LogP) is 5.28. The first-order valence-electron chi connectivity index (χ1n) is 8.67. The molecule has 0 aliphatic carbocycles. The summed E-state index contributed by atoms with van der Waals surface area (Å²) >= 11 is 6.06. The van der Waals surface area contributed by atoms with Gasteiger partial charge in [0, 0.05) is 21.8 Å². The van der Waals surface area contributed by atoms with E-state index >= 15 is 0 Å². The van der Waals surface area contributed by atoms with Crippen molar-refractivity contribution in [3.63, 3.8) is 0 Å². The highest BCUT2D eigenvalue weighted by atomic mass is 35.5. The third-order valence-corrected chi connectivity index (χ3v) is 4.65. The number of nitriles is 1. The van der Waals surface area contributed by atoms with Crippen LogP contribution in [0.1, 0.15) is 22.3 Å². The molecule has 1 aliphatic rings. The van der Waals surface area contributed by atoms with E-state index < -0.39 is 0 Å². The van der Waals surface area contributed by atoms with Crippen LogP contribution in [0.5, 0.6) is 5.75 Å². The lowest BCUT2D eigenvalue weighted by atomic mass is 10.0. The van der Waals surface area contributed by atoms with E-state index in [1.54, 1.807) is 30.3 Å². The van der Waals surface area contributed by atoms with E-state index in [2.05, 4.69) is 11.4 Å². The average Bonchev–Trinajstić information content (AvgIpc) is 3.02. The van der Waals surface area contributed by atoms with Gasteiger partial charge in [-0.2, -0.15) is 5.26 Å². The lowest BCUT2D eigenvalue weighted by molar-refractivity contribution is -0.110. The maximum atomic E-state index is 12.3. The Kier molecular flexibility index (Phi) is 4.84. The number of rotatable bonds is 4. The van der Waals surface area contributed by atoms with Crippen molar-refractivity contribution in [1.29, 1.82) is 5.26 Å². The molecule has 0 saturated carbocycles. The molecule has 0 aromatic heterocycles. The van der Waals surface area contributed by atoms with E-state index in [0.717, 1.165) is 22.4 Å². The number of halogens is 1. The molecule has 4 rings (SSSR count). The molecule has 3 aromatic carbocycles. The Bertz CT molecular complexity index is 1130. The topological polar surface area (TPSA) is 62.1 Å². The molecular formula is C23H15ClN2O2. The van der Waals surface area contributed by atoms with Crippen LogP contribution in [0.4, 0.5) is 5.69 Å². The average molecular weight is 387 g/mol. The Morgan fingerprint density at radius 2 is 1.89 bits per heavy atom. The first-order valence-corrected chi connectivity index (χ1v) is 9.05. The van der Waals surface area contributed by atoms with Gasteiger partial charge in [0.2, 0.25) is 0 Å². The zero-order valence-corrected chi connectivity index (χ0v) is 15.5. The molecule has 4 nitrogen and oxygen atoms in total. The molecule has 0 saturated heterocycles. The molecule has 1 aliphatic heterocycles. The number of ether oxygens (including phenoxy) is 1. The number of anilines is 1. The van der Waals surface area contributed by atoms with Gasteiger partial charge in [-0.3, -0.25) is 4.79 Å². The number of benzene rings is 3. The van der Waals surface area contributed by atoms with Crippen molar-refractivity contribution in [2.45, 2.75) is 6.61 Å². The third-order valence-electron chi connectivity index (χ3n) is 4.42. The van der Waals surface area contributed by atoms with Gasteiger partial charge in [-0.15, -0.1) is 0 Å². The van der Waals surface area contributed by atoms with Gasteiger partial charge < -0.3 is 10.1 Å². The zero-order valence-electron chi connectivity index (χ0n) is 14.8. The number of nitrogens with one attached hydrogen (secondary N) is 1. The van der Waals surface area contributed by atoms with Crippen LogP contribution in [0.2, 0.25) is 5.02 Å². The van der Waals surface area contributed by atoms with E-state index in [1.165, 1.54) is 0 Å². The Morgan fingerprint density at radius 1 is 1.07 bits per heavy atom. The van der Waals surface area contributed by atoms with E-state index in [0.29, 0.717) is 28.5 Å². The van der Waals surface area contributed by atoms with Crippen molar-refractivity contribution in [2.75, 3.05) is 5.32 Å². The molecule has 136 valence electrons. The monoisotopic (exact) mass is 386 g/mol. The number of carbonyl (C=O) groups is 1. The highest BCUT2D eigenvalue weighted by Crippen LogP contribution is 2.35. The molecule has 0 radical (unpaired) electrons. The predicted molar refractivity (Wildman–Crippen MR) is 110 cm³/mol. The molecule has 0 spiro atoms. The fourth-order valence-electron chi connectivity index (χ4n) is 3.03. The minimum atomic E-state index is -0.144. The lowest BCUT2D eigenvalue weighted by Gasteiger charge is -2.07. The summed E-state index contributed by atoms with van der Waals surface area (Å²) in [5.74, 6) is 0.568. The number of hydrogen-bond donors (Lipinski definition) is 1. The molecule has 3 aromatic rings. The summed E-state index contributed by atoms with van der Waals surface area (Å²) < 4.78 is 5.78. The number of nitrogens with zero attached hydrogens (tertiary/aromatic N) is 1. The molecule has 28 heavy (non-hydrogen) atoms. The van der Waals surface area contributed by atoms with Gasteiger partial charge in [0.25, 0.3) is 5.91 Å². The minimum Gasteiger partial charge on any atom is -0.489 e. The number of fused-ring (bicyclic) bond motifs is 1. The van der Waals surface area contributed by atoms with Crippen LogP contribution in [0.25, 0.3) is 11.6 Å². The van der Waals surface area contributed by atoms with Crippen LogP contribution in [0.15, 0.2) is 66.7 Å². The molecule has 1 N–H and O–H groups in total. The van der Waals surface area contributed by atoms with Crippen LogP contribution in [0.3, 0.4) is 0 Å². The first-order chi connectivity index (χ1) is 13.6. The van der Waals surface area contributed by atoms with Crippen molar-refractivity contribution in [3.05, 3.63) is 94.0 Å². The summed E-state index contributed by atoms with van der Waals surface area (Å²) in [6.45, 7) is 0.379. The van der Waals surface area contributed by atoms with Crippen LogP contribution in [0, 0.1) is 11.3 Å². The van der Waals surface area contributed by atoms with Gasteiger partial charge in [0.05, 0.1) is 11.6 Å². The second-order valence-electron chi connectivity index (χ2n) is 6.37. The molecule has 0 unspecified atom stereocenters. The van der Waals surface area contributed by atoms with Gasteiger partial charge in [-0.25, -0.2) is 0 Å². The van der Waals surface area contributed by atoms with Crippen molar-refractivity contribution in [3.8, 4) is 11.8 Å². The second-order valence-corrected chi connectivity index (χ2v) is 6.81. The molecule has 1 amide bonds. The van der Waals surface area contributed by atoms with Gasteiger partial charge in [-0.05, 0) is 59.7 Å². The summed E-state index contributed by atoms with van der Waals surface area (Å²) in [6, 6.07) is 22.3. The fourth-order valence-corrected chi connectivity index (χ4v) is 3.20. The van der Waals surface area contributed by atoms with Crippen LogP contribution in [-0.2, 0) is 11.4 Å². The summed E-state index contributed by atoms with van der Waals surface area (Å²) in [6.07, 6.45) is 1.83. The molecular weight excluding hydrogens is 372 g/mol. The third kappa shape index (κ3) is 3.75. The Labute approximate surface area is 167 Å². The maximum absolute atomic E-state index is 12.3. The van der Waals surface area contributed by atoms with Crippen LogP contribution < -0.4 is 10.1 Å². The molecule has 0 bridgehead atoms. The lowest BCUT2D eigenvalue weighted by Crippen LogP contribution is -2.03. The first kappa shape index (κ1) is 17.8. The van der Waals surface area contributed by atoms with Gasteiger partial charge in [-0.1, -0.05) is 35.9 Å². The summed E-state index contributed by atoms with van der Waals surface area (Å²) in [5.41, 5.74) is 4.58. The standard InChI is InChI=1S/C23H15ClN2O2/c24-18-6-9-22-20(12-18)21(23(27)26-22)11-15-4-7-19(8-5-15)28-14-17-3-1-2-16(10-17)13-25/h1-12H,14H2,(H,26,27)/b21-11+. The highest BCUT2D eigenvalue weighted by molar-refractivity contribution is 6.36. The summed E-state index contributed by atoms with van der Waals surface area (Å²) in [5, 5.41) is 12.4. The summed E-state index contributed by atoms with van der Waals surface area (Å²) in [4.78, 5) is 12.3. The molecule has 1 heterocycles. The van der Waals surface area contributed by atoms with Crippen LogP contribution in [-0.4, -0.2) is 5.91 Å². The minimum absolute atomic E-state index is 0.144. The highest BCUT2D eigenvalue weighted by Gasteiger charge is 2.24. The number of hydrogen-bond acceptors (Lipinski definition) is 3. The van der Waals surface area contributed by atoms with E-state index in [1.807, 2.05) is 42.5 Å². The smallest absolute Gasteiger partial charge is 0.256 e. The van der Waals surface area contributed by atoms with E-state index in [9.17, 15) is 4.79 Å². The van der Waals surface area contributed by atoms with Crippen molar-refractivity contribution in [1.82, 2.24) is 0 Å². The Morgan fingerprint density at radius 3 is 2.68 bits per heavy atom.